The lowest BCUT2D eigenvalue weighted by Crippen LogP contribution is -2.21. The lowest BCUT2D eigenvalue weighted by Gasteiger charge is -2.17. The molecule has 0 bridgehead atoms. The second kappa shape index (κ2) is 7.43. The van der Waals surface area contributed by atoms with Gasteiger partial charge in [0.15, 0.2) is 0 Å². The van der Waals surface area contributed by atoms with Crippen molar-refractivity contribution in [3.05, 3.63) is 11.9 Å². The molecule has 1 saturated carbocycles. The Hall–Kier alpha value is -1.36. The van der Waals surface area contributed by atoms with E-state index in [1.54, 1.807) is 0 Å². The molecule has 1 atom stereocenters. The van der Waals surface area contributed by atoms with Crippen LogP contribution in [-0.2, 0) is 0 Å². The second-order valence-electron chi connectivity index (χ2n) is 5.46. The first-order valence-corrected chi connectivity index (χ1v) is 7.77. The zero-order chi connectivity index (χ0) is 14.4. The van der Waals surface area contributed by atoms with Gasteiger partial charge in [0.1, 0.15) is 17.5 Å². The third-order valence-electron chi connectivity index (χ3n) is 3.56. The molecule has 112 valence electrons. The molecule has 20 heavy (non-hydrogen) atoms. The van der Waals surface area contributed by atoms with E-state index in [4.69, 9.17) is 5.11 Å². The van der Waals surface area contributed by atoms with Crippen molar-refractivity contribution in [3.63, 3.8) is 0 Å². The van der Waals surface area contributed by atoms with Crippen molar-refractivity contribution < 1.29 is 5.11 Å². The van der Waals surface area contributed by atoms with Crippen molar-refractivity contribution in [3.8, 4) is 0 Å². The molecule has 0 aromatic carbocycles. The van der Waals surface area contributed by atoms with Crippen LogP contribution in [0.2, 0.25) is 0 Å². The number of aromatic nitrogens is 2. The van der Waals surface area contributed by atoms with Gasteiger partial charge in [0.25, 0.3) is 0 Å². The Bertz CT molecular complexity index is 420. The first-order chi connectivity index (χ1) is 9.76. The summed E-state index contributed by atoms with van der Waals surface area (Å²) in [7, 11) is 0. The van der Waals surface area contributed by atoms with Gasteiger partial charge in [-0.1, -0.05) is 13.8 Å². The largest absolute Gasteiger partial charge is 0.396 e. The van der Waals surface area contributed by atoms with Crippen LogP contribution in [0.4, 0.5) is 11.6 Å². The zero-order valence-corrected chi connectivity index (χ0v) is 12.5. The monoisotopic (exact) mass is 278 g/mol. The summed E-state index contributed by atoms with van der Waals surface area (Å²) in [6.45, 7) is 5.39. The van der Waals surface area contributed by atoms with E-state index in [-0.39, 0.29) is 12.6 Å². The van der Waals surface area contributed by atoms with Gasteiger partial charge in [-0.2, -0.15) is 0 Å². The van der Waals surface area contributed by atoms with Gasteiger partial charge in [0.05, 0.1) is 0 Å². The number of hydrogen-bond donors (Lipinski definition) is 3. The lowest BCUT2D eigenvalue weighted by molar-refractivity contribution is 0.278. The molecular formula is C15H26N4O. The molecule has 1 aliphatic rings. The fraction of sp³-hybridized carbons (Fsp3) is 0.733. The second-order valence-corrected chi connectivity index (χ2v) is 5.46. The molecule has 1 aliphatic carbocycles. The third-order valence-corrected chi connectivity index (χ3v) is 3.56. The summed E-state index contributed by atoms with van der Waals surface area (Å²) in [5.74, 6) is 3.27. The molecule has 0 spiro atoms. The Labute approximate surface area is 121 Å². The summed E-state index contributed by atoms with van der Waals surface area (Å²) in [5, 5.41) is 15.8. The van der Waals surface area contributed by atoms with E-state index in [0.29, 0.717) is 5.92 Å². The minimum absolute atomic E-state index is 0.201. The van der Waals surface area contributed by atoms with E-state index < -0.39 is 0 Å². The molecule has 1 fully saturated rings. The Morgan fingerprint density at radius 3 is 2.65 bits per heavy atom. The summed E-state index contributed by atoms with van der Waals surface area (Å²) >= 11 is 0. The predicted molar refractivity (Wildman–Crippen MR) is 82.2 cm³/mol. The van der Waals surface area contributed by atoms with Crippen molar-refractivity contribution in [1.82, 2.24) is 9.97 Å². The smallest absolute Gasteiger partial charge is 0.136 e. The molecule has 5 heteroatoms. The Morgan fingerprint density at radius 1 is 1.30 bits per heavy atom. The number of aliphatic hydroxyl groups excluding tert-OH is 1. The van der Waals surface area contributed by atoms with E-state index in [0.717, 1.165) is 43.3 Å². The summed E-state index contributed by atoms with van der Waals surface area (Å²) in [5.41, 5.74) is 0. The van der Waals surface area contributed by atoms with Crippen molar-refractivity contribution in [2.45, 2.75) is 57.9 Å². The fourth-order valence-corrected chi connectivity index (χ4v) is 2.15. The maximum absolute atomic E-state index is 9.08. The van der Waals surface area contributed by atoms with Crippen molar-refractivity contribution >= 4 is 11.6 Å². The molecule has 0 saturated heterocycles. The first kappa shape index (κ1) is 15.0. The van der Waals surface area contributed by atoms with E-state index >= 15 is 0 Å². The average molecular weight is 278 g/mol. The molecule has 0 radical (unpaired) electrons. The van der Waals surface area contributed by atoms with Gasteiger partial charge in [0.2, 0.25) is 0 Å². The van der Waals surface area contributed by atoms with E-state index in [1.165, 1.54) is 12.8 Å². The standard InChI is InChI=1S/C15H26N4O/c1-3-8-16-13-10-14(17-12(4-2)7-9-20)19-15(18-13)11-5-6-11/h10-12,20H,3-9H2,1-2H3,(H2,16,17,18,19). The molecule has 0 aliphatic heterocycles. The Balaban J connectivity index is 2.10. The van der Waals surface area contributed by atoms with Gasteiger partial charge >= 0.3 is 0 Å². The highest BCUT2D eigenvalue weighted by Crippen LogP contribution is 2.38. The van der Waals surface area contributed by atoms with Gasteiger partial charge in [-0.3, -0.25) is 0 Å². The minimum Gasteiger partial charge on any atom is -0.396 e. The fourth-order valence-electron chi connectivity index (χ4n) is 2.15. The predicted octanol–water partition coefficient (Wildman–Crippen LogP) is 2.75. The molecule has 5 nitrogen and oxygen atoms in total. The van der Waals surface area contributed by atoms with E-state index in [2.05, 4.69) is 34.4 Å². The Morgan fingerprint density at radius 2 is 2.05 bits per heavy atom. The molecule has 1 aromatic rings. The number of nitrogens with one attached hydrogen (secondary N) is 2. The molecular weight excluding hydrogens is 252 g/mol. The van der Waals surface area contributed by atoms with Crippen LogP contribution >= 0.6 is 0 Å². The number of rotatable bonds is 9. The first-order valence-electron chi connectivity index (χ1n) is 7.77. The minimum atomic E-state index is 0.201. The van der Waals surface area contributed by atoms with Crippen LogP contribution in [-0.4, -0.2) is 34.3 Å². The van der Waals surface area contributed by atoms with Crippen LogP contribution in [0.1, 0.15) is 57.7 Å². The lowest BCUT2D eigenvalue weighted by atomic mass is 10.1. The van der Waals surface area contributed by atoms with E-state index in [9.17, 15) is 0 Å². The number of nitrogens with zero attached hydrogens (tertiary/aromatic N) is 2. The number of anilines is 2. The van der Waals surface area contributed by atoms with Crippen molar-refractivity contribution in [2.75, 3.05) is 23.8 Å². The molecule has 3 N–H and O–H groups in total. The van der Waals surface area contributed by atoms with Crippen LogP contribution in [0.3, 0.4) is 0 Å². The normalized spacial score (nSPS) is 15.9. The molecule has 1 unspecified atom stereocenters. The maximum Gasteiger partial charge on any atom is 0.136 e. The van der Waals surface area contributed by atoms with Gasteiger partial charge in [-0.25, -0.2) is 9.97 Å². The van der Waals surface area contributed by atoms with Crippen LogP contribution in [0.5, 0.6) is 0 Å². The van der Waals surface area contributed by atoms with E-state index in [1.807, 2.05) is 6.07 Å². The average Bonchev–Trinajstić information content (AvgIpc) is 3.29. The van der Waals surface area contributed by atoms with Crippen molar-refractivity contribution in [2.24, 2.45) is 0 Å². The molecule has 2 rings (SSSR count). The molecule has 1 heterocycles. The van der Waals surface area contributed by atoms with Gasteiger partial charge in [0, 0.05) is 31.2 Å². The zero-order valence-electron chi connectivity index (χ0n) is 12.5. The highest BCUT2D eigenvalue weighted by Gasteiger charge is 2.27. The van der Waals surface area contributed by atoms with Crippen LogP contribution in [0, 0.1) is 0 Å². The molecule has 1 aromatic heterocycles. The van der Waals surface area contributed by atoms with Crippen molar-refractivity contribution in [1.29, 1.82) is 0 Å². The SMILES string of the molecule is CCCNc1cc(NC(CC)CCO)nc(C2CC2)n1. The van der Waals surface area contributed by atoms with Crippen LogP contribution < -0.4 is 10.6 Å². The number of aliphatic hydroxyl groups is 1. The van der Waals surface area contributed by atoms with Gasteiger partial charge in [-0.05, 0) is 32.1 Å². The quantitative estimate of drug-likeness (QED) is 0.648. The van der Waals surface area contributed by atoms with Gasteiger partial charge in [-0.15, -0.1) is 0 Å². The highest BCUT2D eigenvalue weighted by molar-refractivity contribution is 5.48. The van der Waals surface area contributed by atoms with Gasteiger partial charge < -0.3 is 15.7 Å². The maximum atomic E-state index is 9.08. The van der Waals surface area contributed by atoms with Crippen LogP contribution in [0.15, 0.2) is 6.07 Å². The Kier molecular flexibility index (Phi) is 5.59. The summed E-state index contributed by atoms with van der Waals surface area (Å²) in [6, 6.07) is 2.24. The summed E-state index contributed by atoms with van der Waals surface area (Å²) in [6.07, 6.45) is 5.20. The molecule has 0 amide bonds. The summed E-state index contributed by atoms with van der Waals surface area (Å²) < 4.78 is 0. The number of hydrogen-bond acceptors (Lipinski definition) is 5. The van der Waals surface area contributed by atoms with Crippen LogP contribution in [0.25, 0.3) is 0 Å². The topological polar surface area (TPSA) is 70.1 Å². The highest BCUT2D eigenvalue weighted by atomic mass is 16.3. The summed E-state index contributed by atoms with van der Waals surface area (Å²) in [4.78, 5) is 9.23. The third kappa shape index (κ3) is 4.34.